The van der Waals surface area contributed by atoms with Gasteiger partial charge in [-0.05, 0) is 41.4 Å². The molecule has 19 heavy (non-hydrogen) atoms. The van der Waals surface area contributed by atoms with Crippen LogP contribution in [-0.4, -0.2) is 17.3 Å². The summed E-state index contributed by atoms with van der Waals surface area (Å²) in [6.45, 7) is 0. The third kappa shape index (κ3) is 3.55. The van der Waals surface area contributed by atoms with Gasteiger partial charge in [0.15, 0.2) is 0 Å². The molecule has 0 amide bonds. The van der Waals surface area contributed by atoms with Crippen LogP contribution in [0.25, 0.3) is 0 Å². The van der Waals surface area contributed by atoms with Gasteiger partial charge in [-0.3, -0.25) is 9.78 Å². The highest BCUT2D eigenvalue weighted by Gasteiger charge is 2.19. The lowest BCUT2D eigenvalue weighted by atomic mass is 9.95. The van der Waals surface area contributed by atoms with Gasteiger partial charge in [0, 0.05) is 18.3 Å². The van der Waals surface area contributed by atoms with Crippen molar-refractivity contribution >= 4 is 16.8 Å². The second-order valence-electron chi connectivity index (χ2n) is 4.16. The molecule has 98 valence electrons. The number of aromatic nitrogens is 1. The van der Waals surface area contributed by atoms with Gasteiger partial charge in [-0.2, -0.15) is 0 Å². The highest BCUT2D eigenvalue weighted by atomic mass is 35.5. The van der Waals surface area contributed by atoms with E-state index in [-0.39, 0.29) is 11.2 Å². The van der Waals surface area contributed by atoms with E-state index in [0.29, 0.717) is 6.42 Å². The average Bonchev–Trinajstić information content (AvgIpc) is 2.46. The van der Waals surface area contributed by atoms with Crippen LogP contribution in [0, 0.1) is 0 Å². The predicted molar refractivity (Wildman–Crippen MR) is 74.5 cm³/mol. The number of halogens is 1. The second-order valence-corrected chi connectivity index (χ2v) is 4.53. The number of carbonyl (C=O) groups excluding carboxylic acids is 1. The van der Waals surface area contributed by atoms with E-state index < -0.39 is 0 Å². The first-order valence-corrected chi connectivity index (χ1v) is 6.31. The highest BCUT2D eigenvalue weighted by molar-refractivity contribution is 6.64. The number of carbonyl (C=O) groups is 1. The Bertz CT molecular complexity index is 540. The normalized spacial score (nSPS) is 11.9. The van der Waals surface area contributed by atoms with Gasteiger partial charge < -0.3 is 4.74 Å². The number of ether oxygens (including phenoxy) is 1. The molecule has 1 atom stereocenters. The molecule has 0 spiro atoms. The molecule has 0 aliphatic rings. The molecule has 0 saturated heterocycles. The molecule has 1 aromatic heterocycles. The molecule has 0 N–H and O–H groups in total. The van der Waals surface area contributed by atoms with Gasteiger partial charge in [0.05, 0.1) is 13.0 Å². The standard InChI is InChI=1S/C15H14ClNO2/c1-19-13-7-5-11(6-8-13)14(15(16)18)10-12-4-2-3-9-17-12/h2-9,14H,10H2,1H3. The Labute approximate surface area is 117 Å². The first kappa shape index (κ1) is 13.6. The molecular formula is C15H14ClNO2. The molecule has 0 saturated carbocycles. The average molecular weight is 276 g/mol. The maximum absolute atomic E-state index is 11.6. The van der Waals surface area contributed by atoms with E-state index in [0.717, 1.165) is 17.0 Å². The van der Waals surface area contributed by atoms with Crippen LogP contribution in [0.5, 0.6) is 5.75 Å². The number of rotatable bonds is 5. The van der Waals surface area contributed by atoms with Crippen molar-refractivity contribution in [3.63, 3.8) is 0 Å². The maximum atomic E-state index is 11.6. The molecule has 0 fully saturated rings. The van der Waals surface area contributed by atoms with Crippen LogP contribution >= 0.6 is 11.6 Å². The van der Waals surface area contributed by atoms with E-state index in [4.69, 9.17) is 16.3 Å². The fourth-order valence-corrected chi connectivity index (χ4v) is 2.10. The molecule has 0 bridgehead atoms. The van der Waals surface area contributed by atoms with Gasteiger partial charge in [0.2, 0.25) is 5.24 Å². The second kappa shape index (κ2) is 6.34. The number of methoxy groups -OCH3 is 1. The molecule has 2 rings (SSSR count). The van der Waals surface area contributed by atoms with Crippen molar-refractivity contribution < 1.29 is 9.53 Å². The third-order valence-electron chi connectivity index (χ3n) is 2.93. The summed E-state index contributed by atoms with van der Waals surface area (Å²) in [5.74, 6) is 0.366. The van der Waals surface area contributed by atoms with Crippen molar-refractivity contribution in [1.29, 1.82) is 0 Å². The summed E-state index contributed by atoms with van der Waals surface area (Å²) < 4.78 is 5.10. The Morgan fingerprint density at radius 1 is 1.26 bits per heavy atom. The summed E-state index contributed by atoms with van der Waals surface area (Å²) in [7, 11) is 1.60. The van der Waals surface area contributed by atoms with Crippen LogP contribution in [0.2, 0.25) is 0 Å². The molecule has 1 aromatic carbocycles. The molecular weight excluding hydrogens is 262 g/mol. The van der Waals surface area contributed by atoms with Crippen LogP contribution < -0.4 is 4.74 Å². The number of hydrogen-bond acceptors (Lipinski definition) is 3. The Morgan fingerprint density at radius 3 is 2.53 bits per heavy atom. The minimum absolute atomic E-state index is 0.379. The minimum Gasteiger partial charge on any atom is -0.497 e. The maximum Gasteiger partial charge on any atom is 0.229 e. The topological polar surface area (TPSA) is 39.2 Å². The first-order chi connectivity index (χ1) is 9.20. The fourth-order valence-electron chi connectivity index (χ4n) is 1.89. The van der Waals surface area contributed by atoms with Crippen molar-refractivity contribution in [2.75, 3.05) is 7.11 Å². The molecule has 0 aliphatic heterocycles. The number of nitrogens with zero attached hydrogens (tertiary/aromatic N) is 1. The molecule has 3 nitrogen and oxygen atoms in total. The monoisotopic (exact) mass is 275 g/mol. The van der Waals surface area contributed by atoms with Crippen molar-refractivity contribution in [1.82, 2.24) is 4.98 Å². The minimum atomic E-state index is -0.387. The molecule has 0 aliphatic carbocycles. The van der Waals surface area contributed by atoms with Crippen LogP contribution in [0.15, 0.2) is 48.7 Å². The van der Waals surface area contributed by atoms with Crippen LogP contribution in [-0.2, 0) is 11.2 Å². The Balaban J connectivity index is 2.22. The van der Waals surface area contributed by atoms with Gasteiger partial charge in [0.25, 0.3) is 0 Å². The van der Waals surface area contributed by atoms with Crippen molar-refractivity contribution in [2.45, 2.75) is 12.3 Å². The lowest BCUT2D eigenvalue weighted by Crippen LogP contribution is -2.11. The number of hydrogen-bond donors (Lipinski definition) is 0. The molecule has 2 aromatic rings. The van der Waals surface area contributed by atoms with E-state index in [1.54, 1.807) is 13.3 Å². The van der Waals surface area contributed by atoms with Gasteiger partial charge in [0.1, 0.15) is 5.75 Å². The van der Waals surface area contributed by atoms with Crippen LogP contribution in [0.4, 0.5) is 0 Å². The SMILES string of the molecule is COc1ccc(C(Cc2ccccn2)C(=O)Cl)cc1. The van der Waals surface area contributed by atoms with Gasteiger partial charge >= 0.3 is 0 Å². The summed E-state index contributed by atoms with van der Waals surface area (Å²) in [5, 5.41) is -0.379. The summed E-state index contributed by atoms with van der Waals surface area (Å²) in [6.07, 6.45) is 2.20. The lowest BCUT2D eigenvalue weighted by Gasteiger charge is -2.13. The largest absolute Gasteiger partial charge is 0.497 e. The predicted octanol–water partition coefficient (Wildman–Crippen LogP) is 3.18. The third-order valence-corrected chi connectivity index (χ3v) is 3.19. The van der Waals surface area contributed by atoms with Crippen molar-refractivity contribution in [3.05, 3.63) is 59.9 Å². The van der Waals surface area contributed by atoms with Crippen molar-refractivity contribution in [2.24, 2.45) is 0 Å². The van der Waals surface area contributed by atoms with E-state index in [2.05, 4.69) is 4.98 Å². The Kier molecular flexibility index (Phi) is 4.53. The molecule has 4 heteroatoms. The molecule has 1 unspecified atom stereocenters. The highest BCUT2D eigenvalue weighted by Crippen LogP contribution is 2.24. The van der Waals surface area contributed by atoms with Crippen LogP contribution in [0.3, 0.4) is 0 Å². The quantitative estimate of drug-likeness (QED) is 0.787. The summed E-state index contributed by atoms with van der Waals surface area (Å²) >= 11 is 5.70. The summed E-state index contributed by atoms with van der Waals surface area (Å²) in [5.41, 5.74) is 1.71. The van der Waals surface area contributed by atoms with E-state index in [1.165, 1.54) is 0 Å². The van der Waals surface area contributed by atoms with Gasteiger partial charge in [-0.1, -0.05) is 18.2 Å². The fraction of sp³-hybridized carbons (Fsp3) is 0.200. The number of benzene rings is 1. The van der Waals surface area contributed by atoms with Crippen molar-refractivity contribution in [3.8, 4) is 5.75 Å². The van der Waals surface area contributed by atoms with Crippen LogP contribution in [0.1, 0.15) is 17.2 Å². The lowest BCUT2D eigenvalue weighted by molar-refractivity contribution is -0.113. The Morgan fingerprint density at radius 2 is 2.00 bits per heavy atom. The zero-order chi connectivity index (χ0) is 13.7. The first-order valence-electron chi connectivity index (χ1n) is 5.94. The summed E-state index contributed by atoms with van der Waals surface area (Å²) in [4.78, 5) is 15.8. The molecule has 1 heterocycles. The molecule has 0 radical (unpaired) electrons. The van der Waals surface area contributed by atoms with Gasteiger partial charge in [-0.15, -0.1) is 0 Å². The van der Waals surface area contributed by atoms with E-state index in [9.17, 15) is 4.79 Å². The zero-order valence-electron chi connectivity index (χ0n) is 10.5. The summed E-state index contributed by atoms with van der Waals surface area (Å²) in [6, 6.07) is 13.0. The number of pyridine rings is 1. The van der Waals surface area contributed by atoms with E-state index >= 15 is 0 Å². The smallest absolute Gasteiger partial charge is 0.229 e. The zero-order valence-corrected chi connectivity index (χ0v) is 11.3. The van der Waals surface area contributed by atoms with E-state index in [1.807, 2.05) is 42.5 Å². The Hall–Kier alpha value is -1.87. The van der Waals surface area contributed by atoms with Gasteiger partial charge in [-0.25, -0.2) is 0 Å².